The van der Waals surface area contributed by atoms with Crippen LogP contribution in [0.4, 0.5) is 5.69 Å². The Morgan fingerprint density at radius 1 is 1.14 bits per heavy atom. The number of hydrogen-bond acceptors (Lipinski definition) is 6. The molecule has 1 spiro atoms. The molecule has 3 saturated heterocycles. The fourth-order valence-electron chi connectivity index (χ4n) is 7.20. The van der Waals surface area contributed by atoms with Crippen LogP contribution in [0.15, 0.2) is 49.6 Å². The van der Waals surface area contributed by atoms with Gasteiger partial charge >= 0.3 is 0 Å². The van der Waals surface area contributed by atoms with Gasteiger partial charge in [-0.15, -0.1) is 24.9 Å². The number of hydrogen-bond donors (Lipinski definition) is 1. The van der Waals surface area contributed by atoms with Crippen LogP contribution in [0.2, 0.25) is 0 Å². The van der Waals surface area contributed by atoms with Gasteiger partial charge < -0.3 is 24.5 Å². The van der Waals surface area contributed by atoms with Gasteiger partial charge in [0, 0.05) is 30.1 Å². The van der Waals surface area contributed by atoms with Gasteiger partial charge in [0.25, 0.3) is 0 Å². The number of carbonyl (C=O) groups excluding carboxylic acids is 3. The highest BCUT2D eigenvalue weighted by Gasteiger charge is 2.75. The highest BCUT2D eigenvalue weighted by Crippen LogP contribution is 2.67. The largest absolute Gasteiger partial charge is 0.494 e. The minimum Gasteiger partial charge on any atom is -0.494 e. The van der Waals surface area contributed by atoms with Gasteiger partial charge in [0.1, 0.15) is 11.8 Å². The van der Waals surface area contributed by atoms with Gasteiger partial charge in [-0.2, -0.15) is 0 Å². The summed E-state index contributed by atoms with van der Waals surface area (Å²) in [5.41, 5.74) is 0.713. The molecular formula is C33H47N3O5S. The molecule has 1 aromatic carbocycles. The van der Waals surface area contributed by atoms with Crippen LogP contribution in [-0.4, -0.2) is 87.1 Å². The molecule has 0 saturated carbocycles. The van der Waals surface area contributed by atoms with Crippen LogP contribution in [0.5, 0.6) is 5.75 Å². The van der Waals surface area contributed by atoms with Crippen molar-refractivity contribution >= 4 is 35.2 Å². The van der Waals surface area contributed by atoms with Crippen LogP contribution in [0, 0.1) is 17.8 Å². The molecule has 0 aromatic heterocycles. The number of rotatable bonds is 14. The minimum absolute atomic E-state index is 0.0196. The Hall–Kier alpha value is -2.78. The number of amides is 3. The number of anilines is 1. The maximum atomic E-state index is 14.6. The van der Waals surface area contributed by atoms with Crippen molar-refractivity contribution in [2.75, 3.05) is 31.2 Å². The average Bonchev–Trinajstić information content (AvgIpc) is 3.62. The normalized spacial score (nSPS) is 27.5. The van der Waals surface area contributed by atoms with E-state index in [1.807, 2.05) is 58.9 Å². The number of benzene rings is 1. The molecule has 3 heterocycles. The fraction of sp³-hybridized carbons (Fsp3) is 0.606. The minimum atomic E-state index is -0.755. The molecule has 42 heavy (non-hydrogen) atoms. The Balaban J connectivity index is 1.79. The van der Waals surface area contributed by atoms with Crippen molar-refractivity contribution < 1.29 is 24.2 Å². The van der Waals surface area contributed by atoms with Gasteiger partial charge in [0.15, 0.2) is 0 Å². The van der Waals surface area contributed by atoms with Gasteiger partial charge in [-0.05, 0) is 63.8 Å². The molecule has 2 unspecified atom stereocenters. The third-order valence-corrected chi connectivity index (χ3v) is 11.3. The van der Waals surface area contributed by atoms with Crippen molar-refractivity contribution in [3.8, 4) is 5.75 Å². The SMILES string of the molecule is C=CCN(C(=O)[C@@H]1[C@@H]2CCC3(S2)C(C(=O)N(CC=C)C(C)C)N([C@@H](CO)[C@@H](C)CC)C(=O)[C@H]13)c1ccc(OCC)cc1. The summed E-state index contributed by atoms with van der Waals surface area (Å²) in [6.07, 6.45) is 5.59. The molecule has 0 radical (unpaired) electrons. The van der Waals surface area contributed by atoms with Crippen LogP contribution in [0.1, 0.15) is 53.9 Å². The van der Waals surface area contributed by atoms with E-state index in [0.29, 0.717) is 31.8 Å². The lowest BCUT2D eigenvalue weighted by atomic mass is 9.70. The van der Waals surface area contributed by atoms with Gasteiger partial charge in [-0.3, -0.25) is 14.4 Å². The molecular weight excluding hydrogens is 550 g/mol. The Morgan fingerprint density at radius 3 is 2.36 bits per heavy atom. The predicted molar refractivity (Wildman–Crippen MR) is 168 cm³/mol. The summed E-state index contributed by atoms with van der Waals surface area (Å²) in [6.45, 7) is 18.6. The number of likely N-dealkylation sites (tertiary alicyclic amines) is 1. The lowest BCUT2D eigenvalue weighted by molar-refractivity contribution is -0.147. The van der Waals surface area contributed by atoms with Gasteiger partial charge in [0.05, 0.1) is 35.8 Å². The topological polar surface area (TPSA) is 90.4 Å². The number of nitrogens with zero attached hydrogens (tertiary/aromatic N) is 3. The van der Waals surface area contributed by atoms with E-state index in [2.05, 4.69) is 13.2 Å². The van der Waals surface area contributed by atoms with E-state index < -0.39 is 28.7 Å². The number of fused-ring (bicyclic) bond motifs is 1. The molecule has 3 aliphatic rings. The van der Waals surface area contributed by atoms with Crippen molar-refractivity contribution in [3.05, 3.63) is 49.6 Å². The van der Waals surface area contributed by atoms with Crippen molar-refractivity contribution in [1.29, 1.82) is 0 Å². The van der Waals surface area contributed by atoms with Crippen molar-refractivity contribution in [3.63, 3.8) is 0 Å². The zero-order valence-corrected chi connectivity index (χ0v) is 26.5. The van der Waals surface area contributed by atoms with Crippen LogP contribution in [0.3, 0.4) is 0 Å². The number of ether oxygens (including phenoxy) is 1. The second kappa shape index (κ2) is 13.2. The summed E-state index contributed by atoms with van der Waals surface area (Å²) in [6, 6.07) is 6.04. The molecule has 8 nitrogen and oxygen atoms in total. The molecule has 0 aliphatic carbocycles. The smallest absolute Gasteiger partial charge is 0.247 e. The zero-order valence-electron chi connectivity index (χ0n) is 25.7. The van der Waals surface area contributed by atoms with Crippen molar-refractivity contribution in [1.82, 2.24) is 9.80 Å². The molecule has 230 valence electrons. The van der Waals surface area contributed by atoms with Crippen molar-refractivity contribution in [2.45, 2.75) is 82.0 Å². The van der Waals surface area contributed by atoms with Crippen LogP contribution in [0.25, 0.3) is 0 Å². The van der Waals surface area contributed by atoms with E-state index in [1.165, 1.54) is 0 Å². The lowest BCUT2D eigenvalue weighted by Gasteiger charge is -2.42. The van der Waals surface area contributed by atoms with Crippen molar-refractivity contribution in [2.24, 2.45) is 17.8 Å². The molecule has 3 amide bonds. The maximum Gasteiger partial charge on any atom is 0.247 e. The summed E-state index contributed by atoms with van der Waals surface area (Å²) < 4.78 is 4.86. The fourth-order valence-corrected chi connectivity index (χ4v) is 9.39. The summed E-state index contributed by atoms with van der Waals surface area (Å²) in [4.78, 5) is 48.7. The first-order valence-electron chi connectivity index (χ1n) is 15.3. The Bertz CT molecular complexity index is 1170. The molecule has 1 aromatic rings. The van der Waals surface area contributed by atoms with E-state index in [0.717, 1.165) is 18.6 Å². The zero-order chi connectivity index (χ0) is 30.8. The first kappa shape index (κ1) is 32.1. The third kappa shape index (κ3) is 5.39. The maximum absolute atomic E-state index is 14.6. The molecule has 2 bridgehead atoms. The highest BCUT2D eigenvalue weighted by molar-refractivity contribution is 8.02. The van der Waals surface area contributed by atoms with E-state index in [1.54, 1.807) is 38.6 Å². The van der Waals surface area contributed by atoms with Gasteiger partial charge in [0.2, 0.25) is 17.7 Å². The van der Waals surface area contributed by atoms with Gasteiger partial charge in [-0.1, -0.05) is 32.4 Å². The predicted octanol–water partition coefficient (Wildman–Crippen LogP) is 4.53. The van der Waals surface area contributed by atoms with E-state index in [9.17, 15) is 19.5 Å². The number of thioether (sulfide) groups is 1. The average molecular weight is 598 g/mol. The van der Waals surface area contributed by atoms with E-state index >= 15 is 0 Å². The molecule has 7 atom stereocenters. The summed E-state index contributed by atoms with van der Waals surface area (Å²) >= 11 is 1.65. The molecule has 9 heteroatoms. The Kier molecular flexibility index (Phi) is 10.1. The quantitative estimate of drug-likeness (QED) is 0.317. The standard InChI is InChI=1S/C33H47N3O5S/c1-8-18-34(21(5)6)32(40)29-33-17-16-26(42-33)27(28(33)31(39)36(29)25(20-37)22(7)10-3)30(38)35(19-9-2)23-12-14-24(15-13-23)41-11-4/h8-9,12-15,21-22,25-29,37H,1-2,10-11,16-20H2,3-7H3/t22-,25-,26-,27+,28-,29?,33?/m0/s1. The van der Waals surface area contributed by atoms with Crippen LogP contribution >= 0.6 is 11.8 Å². The second-order valence-electron chi connectivity index (χ2n) is 12.0. The highest BCUT2D eigenvalue weighted by atomic mass is 32.2. The van der Waals surface area contributed by atoms with Crippen LogP contribution in [-0.2, 0) is 14.4 Å². The molecule has 1 N–H and O–H groups in total. The first-order chi connectivity index (χ1) is 20.1. The van der Waals surface area contributed by atoms with E-state index in [-0.39, 0.29) is 41.5 Å². The Morgan fingerprint density at radius 2 is 1.81 bits per heavy atom. The number of aliphatic hydroxyl groups excluding tert-OH is 1. The Labute approximate surface area is 255 Å². The monoisotopic (exact) mass is 597 g/mol. The lowest BCUT2D eigenvalue weighted by Crippen LogP contribution is -2.59. The number of aliphatic hydroxyl groups is 1. The van der Waals surface area contributed by atoms with E-state index in [4.69, 9.17) is 4.74 Å². The number of carbonyl (C=O) groups is 3. The summed E-state index contributed by atoms with van der Waals surface area (Å²) in [5, 5.41) is 10.5. The first-order valence-corrected chi connectivity index (χ1v) is 16.2. The third-order valence-electron chi connectivity index (χ3n) is 9.37. The van der Waals surface area contributed by atoms with Crippen LogP contribution < -0.4 is 9.64 Å². The summed E-state index contributed by atoms with van der Waals surface area (Å²) in [5.74, 6) is -0.959. The second-order valence-corrected chi connectivity index (χ2v) is 13.6. The van der Waals surface area contributed by atoms with Gasteiger partial charge in [-0.25, -0.2) is 0 Å². The molecule has 4 rings (SSSR count). The summed E-state index contributed by atoms with van der Waals surface area (Å²) in [7, 11) is 0. The molecule has 3 aliphatic heterocycles. The molecule has 3 fully saturated rings.